The summed E-state index contributed by atoms with van der Waals surface area (Å²) in [6, 6.07) is 36.4. The highest BCUT2D eigenvalue weighted by Crippen LogP contribution is 2.33. The Hall–Kier alpha value is -3.12. The van der Waals surface area contributed by atoms with E-state index in [4.69, 9.17) is 0 Å². The Morgan fingerprint density at radius 1 is 0.625 bits per heavy atom. The minimum atomic E-state index is 1.16. The molecule has 5 aromatic carbocycles. The Morgan fingerprint density at radius 2 is 1.46 bits per heavy atom. The van der Waals surface area contributed by atoms with E-state index in [1.807, 2.05) is 18.2 Å². The minimum absolute atomic E-state index is 1.16. The number of benzene rings is 5. The van der Waals surface area contributed by atoms with Crippen LogP contribution >= 0.6 is 0 Å². The molecular weight excluding hydrogens is 288 g/mol. The lowest BCUT2D eigenvalue weighted by Gasteiger charge is -2.09. The van der Waals surface area contributed by atoms with Crippen molar-refractivity contribution >= 4 is 32.3 Å². The van der Waals surface area contributed by atoms with Gasteiger partial charge in [0.2, 0.25) is 0 Å². The van der Waals surface area contributed by atoms with Gasteiger partial charge in [-0.15, -0.1) is 0 Å². The summed E-state index contributed by atoms with van der Waals surface area (Å²) in [6.07, 6.45) is 0. The Bertz CT molecular complexity index is 1200. The van der Waals surface area contributed by atoms with Gasteiger partial charge >= 0.3 is 0 Å². The number of hydrogen-bond acceptors (Lipinski definition) is 0. The van der Waals surface area contributed by atoms with Gasteiger partial charge in [-0.2, -0.15) is 0 Å². The highest BCUT2D eigenvalue weighted by Gasteiger charge is 2.06. The Kier molecular flexibility index (Phi) is 2.89. The third-order valence-corrected chi connectivity index (χ3v) is 4.66. The second-order valence-electron chi connectivity index (χ2n) is 6.12. The first kappa shape index (κ1) is 13.3. The van der Waals surface area contributed by atoms with Crippen molar-refractivity contribution in [2.24, 2.45) is 0 Å². The van der Waals surface area contributed by atoms with Crippen LogP contribution in [0.5, 0.6) is 0 Å². The van der Waals surface area contributed by atoms with Gasteiger partial charge in [0.15, 0.2) is 0 Å². The molecule has 0 heteroatoms. The molecule has 0 bridgehead atoms. The molecule has 0 fully saturated rings. The van der Waals surface area contributed by atoms with E-state index in [1.54, 1.807) is 0 Å². The van der Waals surface area contributed by atoms with Crippen LogP contribution < -0.4 is 0 Å². The molecule has 110 valence electrons. The first-order chi connectivity index (χ1) is 11.9. The average Bonchev–Trinajstić information content (AvgIpc) is 2.65. The molecule has 0 spiro atoms. The number of rotatable bonds is 1. The zero-order valence-corrected chi connectivity index (χ0v) is 13.1. The lowest BCUT2D eigenvalue weighted by molar-refractivity contribution is 1.68. The van der Waals surface area contributed by atoms with Crippen LogP contribution in [0.4, 0.5) is 0 Å². The van der Waals surface area contributed by atoms with E-state index in [2.05, 4.69) is 78.9 Å². The molecule has 0 saturated carbocycles. The molecule has 0 atom stereocenters. The van der Waals surface area contributed by atoms with Crippen LogP contribution in [-0.4, -0.2) is 0 Å². The molecule has 2 radical (unpaired) electrons. The molecule has 5 rings (SSSR count). The highest BCUT2D eigenvalue weighted by molar-refractivity contribution is 6.05. The Labute approximate surface area is 141 Å². The summed E-state index contributed by atoms with van der Waals surface area (Å²) in [7, 11) is 0. The van der Waals surface area contributed by atoms with Crippen LogP contribution in [0.25, 0.3) is 43.4 Å². The van der Waals surface area contributed by atoms with Crippen LogP contribution in [0, 0.1) is 12.1 Å². The van der Waals surface area contributed by atoms with E-state index in [1.165, 1.54) is 38.1 Å². The smallest absolute Gasteiger partial charge is 0.00926 e. The molecule has 0 aliphatic rings. The molecule has 0 unspecified atom stereocenters. The fourth-order valence-electron chi connectivity index (χ4n) is 3.43. The third-order valence-electron chi connectivity index (χ3n) is 4.66. The first-order valence-electron chi connectivity index (χ1n) is 8.12. The second kappa shape index (κ2) is 5.21. The summed E-state index contributed by atoms with van der Waals surface area (Å²) in [5.41, 5.74) is 2.49. The zero-order chi connectivity index (χ0) is 15.9. The predicted molar refractivity (Wildman–Crippen MR) is 102 cm³/mol. The van der Waals surface area contributed by atoms with Crippen LogP contribution in [-0.2, 0) is 0 Å². The molecule has 0 aliphatic carbocycles. The van der Waals surface area contributed by atoms with Gasteiger partial charge < -0.3 is 0 Å². The van der Waals surface area contributed by atoms with Crippen LogP contribution in [0.2, 0.25) is 0 Å². The second-order valence-corrected chi connectivity index (χ2v) is 6.12. The third kappa shape index (κ3) is 2.08. The number of hydrogen-bond donors (Lipinski definition) is 0. The van der Waals surface area contributed by atoms with E-state index in [9.17, 15) is 0 Å². The lowest BCUT2D eigenvalue weighted by atomic mass is 9.94. The van der Waals surface area contributed by atoms with Crippen molar-refractivity contribution in [3.8, 4) is 11.1 Å². The summed E-state index contributed by atoms with van der Waals surface area (Å²) in [5.74, 6) is 0. The van der Waals surface area contributed by atoms with Crippen molar-refractivity contribution in [1.82, 2.24) is 0 Å². The van der Waals surface area contributed by atoms with Gasteiger partial charge in [0.05, 0.1) is 0 Å². The van der Waals surface area contributed by atoms with Crippen molar-refractivity contribution in [1.29, 1.82) is 0 Å². The van der Waals surface area contributed by atoms with Crippen molar-refractivity contribution in [2.75, 3.05) is 0 Å². The summed E-state index contributed by atoms with van der Waals surface area (Å²) in [4.78, 5) is 0. The largest absolute Gasteiger partial charge is 0.0616 e. The first-order valence-corrected chi connectivity index (χ1v) is 8.12. The normalized spacial score (nSPS) is 11.3. The molecular formula is C24H14. The molecule has 0 saturated heterocycles. The average molecular weight is 302 g/mol. The van der Waals surface area contributed by atoms with E-state index in [0.29, 0.717) is 0 Å². The molecule has 24 heavy (non-hydrogen) atoms. The zero-order valence-electron chi connectivity index (χ0n) is 13.1. The van der Waals surface area contributed by atoms with Crippen LogP contribution in [0.1, 0.15) is 0 Å². The van der Waals surface area contributed by atoms with Gasteiger partial charge in [0.1, 0.15) is 0 Å². The van der Waals surface area contributed by atoms with Crippen LogP contribution in [0.15, 0.2) is 84.9 Å². The molecule has 0 N–H and O–H groups in total. The van der Waals surface area contributed by atoms with E-state index in [-0.39, 0.29) is 0 Å². The van der Waals surface area contributed by atoms with Gasteiger partial charge in [0.25, 0.3) is 0 Å². The fraction of sp³-hybridized carbons (Fsp3) is 0. The summed E-state index contributed by atoms with van der Waals surface area (Å²) >= 11 is 0. The molecule has 0 heterocycles. The standard InChI is InChI=1S/C24H14/c1-2-7-18-14-22(13-12-17(18)6-1)23-11-5-10-21-15-19-8-3-4-9-20(19)16-24(21)23/h2-9,11-16H. The van der Waals surface area contributed by atoms with E-state index >= 15 is 0 Å². The molecule has 0 amide bonds. The van der Waals surface area contributed by atoms with Crippen LogP contribution in [0.3, 0.4) is 0 Å². The van der Waals surface area contributed by atoms with Crippen molar-refractivity contribution < 1.29 is 0 Å². The topological polar surface area (TPSA) is 0 Å². The quantitative estimate of drug-likeness (QED) is 0.314. The SMILES string of the molecule is [c]1ccc2cc(-c3cc[c]c4cc5ccccc5cc34)ccc2c1. The van der Waals surface area contributed by atoms with E-state index in [0.717, 1.165) is 5.39 Å². The van der Waals surface area contributed by atoms with Gasteiger partial charge in [-0.25, -0.2) is 0 Å². The molecule has 5 aromatic rings. The van der Waals surface area contributed by atoms with Crippen molar-refractivity contribution in [3.05, 3.63) is 97.1 Å². The van der Waals surface area contributed by atoms with E-state index < -0.39 is 0 Å². The monoisotopic (exact) mass is 302 g/mol. The fourth-order valence-corrected chi connectivity index (χ4v) is 3.43. The Morgan fingerprint density at radius 3 is 2.38 bits per heavy atom. The maximum atomic E-state index is 3.39. The molecule has 0 nitrogen and oxygen atoms in total. The maximum Gasteiger partial charge on any atom is -0.00926 e. The maximum absolute atomic E-state index is 3.39. The minimum Gasteiger partial charge on any atom is -0.0616 e. The molecule has 0 aliphatic heterocycles. The lowest BCUT2D eigenvalue weighted by Crippen LogP contribution is -1.83. The summed E-state index contributed by atoms with van der Waals surface area (Å²) in [5, 5.41) is 7.39. The highest BCUT2D eigenvalue weighted by atomic mass is 14.1. The predicted octanol–water partition coefficient (Wildman–Crippen LogP) is 6.41. The summed E-state index contributed by atoms with van der Waals surface area (Å²) in [6.45, 7) is 0. The van der Waals surface area contributed by atoms with Crippen molar-refractivity contribution in [3.63, 3.8) is 0 Å². The molecule has 0 aromatic heterocycles. The number of fused-ring (bicyclic) bond motifs is 3. The van der Waals surface area contributed by atoms with Gasteiger partial charge in [0, 0.05) is 0 Å². The Balaban J connectivity index is 1.82. The van der Waals surface area contributed by atoms with Gasteiger partial charge in [-0.1, -0.05) is 60.7 Å². The summed E-state index contributed by atoms with van der Waals surface area (Å²) < 4.78 is 0. The van der Waals surface area contributed by atoms with Crippen molar-refractivity contribution in [2.45, 2.75) is 0 Å². The van der Waals surface area contributed by atoms with Gasteiger partial charge in [-0.3, -0.25) is 0 Å². The van der Waals surface area contributed by atoms with Gasteiger partial charge in [-0.05, 0) is 79.8 Å².